The molecule has 0 aliphatic carbocycles. The van der Waals surface area contributed by atoms with E-state index in [1.54, 1.807) is 30.9 Å². The number of aromatic nitrogens is 3. The molecule has 1 atom stereocenters. The average molecular weight is 589 g/mol. The number of pyridine rings is 1. The predicted octanol–water partition coefficient (Wildman–Crippen LogP) is 3.20. The van der Waals surface area contributed by atoms with Crippen molar-refractivity contribution in [1.29, 1.82) is 0 Å². The number of nitrogens with one attached hydrogen (secondary N) is 1. The van der Waals surface area contributed by atoms with Crippen molar-refractivity contribution in [3.8, 4) is 17.0 Å². The average Bonchev–Trinajstić information content (AvgIpc) is 3.42. The molecule has 202 valence electrons. The Kier molecular flexibility index (Phi) is 7.88. The molecule has 1 unspecified atom stereocenters. The highest BCUT2D eigenvalue weighted by molar-refractivity contribution is 9.10. The smallest absolute Gasteiger partial charge is 0.339 e. The van der Waals surface area contributed by atoms with Gasteiger partial charge in [-0.15, -0.1) is 0 Å². The molecule has 2 aromatic heterocycles. The third kappa shape index (κ3) is 5.73. The van der Waals surface area contributed by atoms with E-state index in [-0.39, 0.29) is 27.9 Å². The van der Waals surface area contributed by atoms with Gasteiger partial charge in [0.1, 0.15) is 12.3 Å². The maximum Gasteiger partial charge on any atom is 0.339 e. The minimum Gasteiger partial charge on any atom is -0.476 e. The number of rotatable bonds is 9. The molecule has 4 rings (SSSR count). The van der Waals surface area contributed by atoms with E-state index in [4.69, 9.17) is 9.47 Å². The molecule has 1 aliphatic rings. The van der Waals surface area contributed by atoms with Crippen molar-refractivity contribution < 1.29 is 19.2 Å². The maximum atomic E-state index is 12.8. The van der Waals surface area contributed by atoms with E-state index in [9.17, 15) is 19.7 Å². The highest BCUT2D eigenvalue weighted by Gasteiger charge is 2.35. The Morgan fingerprint density at radius 3 is 2.76 bits per heavy atom. The van der Waals surface area contributed by atoms with Crippen LogP contribution < -0.4 is 15.6 Å². The third-order valence-electron chi connectivity index (χ3n) is 6.57. The van der Waals surface area contributed by atoms with Gasteiger partial charge >= 0.3 is 5.97 Å². The van der Waals surface area contributed by atoms with Gasteiger partial charge in [0.15, 0.2) is 0 Å². The second-order valence-corrected chi connectivity index (χ2v) is 10.4. The first kappa shape index (κ1) is 27.3. The number of carbonyl (C=O) groups is 1. The predicted molar refractivity (Wildman–Crippen MR) is 145 cm³/mol. The SMILES string of the molecule is COC(=O)c1cc(-c2cnn(C)c2OCCN2CCC(C)(Nc3cc(Br)ccc3[N+](=O)[O-])C2)c(=O)n(C)c1. The Morgan fingerprint density at radius 1 is 1.29 bits per heavy atom. The molecule has 3 aromatic rings. The summed E-state index contributed by atoms with van der Waals surface area (Å²) in [6.07, 6.45) is 3.76. The molecule has 0 spiro atoms. The van der Waals surface area contributed by atoms with Crippen LogP contribution in [0.2, 0.25) is 0 Å². The normalized spacial score (nSPS) is 17.4. The second kappa shape index (κ2) is 11.0. The van der Waals surface area contributed by atoms with Gasteiger partial charge in [-0.2, -0.15) is 5.10 Å². The zero-order valence-corrected chi connectivity index (χ0v) is 23.1. The topological polar surface area (TPSA) is 134 Å². The van der Waals surface area contributed by atoms with Crippen LogP contribution >= 0.6 is 15.9 Å². The van der Waals surface area contributed by atoms with Gasteiger partial charge in [-0.25, -0.2) is 9.48 Å². The minimum absolute atomic E-state index is 0.0300. The van der Waals surface area contributed by atoms with Gasteiger partial charge in [0.05, 0.1) is 34.9 Å². The number of aryl methyl sites for hydroxylation is 2. The summed E-state index contributed by atoms with van der Waals surface area (Å²) in [5, 5.41) is 19.1. The monoisotopic (exact) mass is 588 g/mol. The van der Waals surface area contributed by atoms with Crippen molar-refractivity contribution in [2.24, 2.45) is 14.1 Å². The number of hydrogen-bond acceptors (Lipinski definition) is 9. The molecule has 0 amide bonds. The summed E-state index contributed by atoms with van der Waals surface area (Å²) < 4.78 is 14.5. The van der Waals surface area contributed by atoms with E-state index in [0.29, 0.717) is 36.8 Å². The number of ether oxygens (including phenoxy) is 2. The fourth-order valence-corrected chi connectivity index (χ4v) is 4.99. The molecule has 1 N–H and O–H groups in total. The summed E-state index contributed by atoms with van der Waals surface area (Å²) in [6, 6.07) is 6.34. The first-order valence-electron chi connectivity index (χ1n) is 11.9. The number of nitrogens with zero attached hydrogens (tertiary/aromatic N) is 5. The molecule has 0 bridgehead atoms. The van der Waals surface area contributed by atoms with E-state index in [2.05, 4.69) is 31.2 Å². The van der Waals surface area contributed by atoms with Crippen LogP contribution in [0.3, 0.4) is 0 Å². The first-order chi connectivity index (χ1) is 18.0. The van der Waals surface area contributed by atoms with Gasteiger partial charge in [-0.1, -0.05) is 15.9 Å². The molecule has 38 heavy (non-hydrogen) atoms. The summed E-state index contributed by atoms with van der Waals surface area (Å²) in [7, 11) is 4.57. The largest absolute Gasteiger partial charge is 0.476 e. The quantitative estimate of drug-likeness (QED) is 0.227. The molecular formula is C25H29BrN6O6. The van der Waals surface area contributed by atoms with Crippen molar-refractivity contribution in [2.45, 2.75) is 18.9 Å². The van der Waals surface area contributed by atoms with Crippen LogP contribution in [0.1, 0.15) is 23.7 Å². The summed E-state index contributed by atoms with van der Waals surface area (Å²) in [5.41, 5.74) is 0.861. The number of methoxy groups -OCH3 is 1. The zero-order valence-electron chi connectivity index (χ0n) is 21.6. The number of hydrogen-bond donors (Lipinski definition) is 1. The van der Waals surface area contributed by atoms with E-state index in [1.165, 1.54) is 36.2 Å². The van der Waals surface area contributed by atoms with Gasteiger partial charge in [0, 0.05) is 56.0 Å². The lowest BCUT2D eigenvalue weighted by Crippen LogP contribution is -2.39. The van der Waals surface area contributed by atoms with Gasteiger partial charge < -0.3 is 19.4 Å². The van der Waals surface area contributed by atoms with Crippen LogP contribution in [0.15, 0.2) is 45.9 Å². The Hall–Kier alpha value is -3.71. The van der Waals surface area contributed by atoms with Crippen LogP contribution in [-0.2, 0) is 18.8 Å². The molecule has 13 heteroatoms. The van der Waals surface area contributed by atoms with Crippen molar-refractivity contribution in [3.63, 3.8) is 0 Å². The van der Waals surface area contributed by atoms with Crippen LogP contribution in [-0.4, -0.2) is 69.0 Å². The molecule has 12 nitrogen and oxygen atoms in total. The molecule has 1 aliphatic heterocycles. The van der Waals surface area contributed by atoms with Crippen molar-refractivity contribution >= 4 is 33.3 Å². The Labute approximate surface area is 227 Å². The maximum absolute atomic E-state index is 12.8. The number of halogens is 1. The highest BCUT2D eigenvalue weighted by atomic mass is 79.9. The van der Waals surface area contributed by atoms with Gasteiger partial charge in [-0.05, 0) is 31.5 Å². The third-order valence-corrected chi connectivity index (χ3v) is 7.06. The number of carbonyl (C=O) groups excluding carboxylic acids is 1. The Morgan fingerprint density at radius 2 is 2.05 bits per heavy atom. The second-order valence-electron chi connectivity index (χ2n) is 9.52. The number of esters is 1. The number of nitro benzene ring substituents is 1. The van der Waals surface area contributed by atoms with E-state index >= 15 is 0 Å². The summed E-state index contributed by atoms with van der Waals surface area (Å²) in [4.78, 5) is 38.2. The van der Waals surface area contributed by atoms with Crippen LogP contribution in [0.5, 0.6) is 5.88 Å². The fraction of sp³-hybridized carbons (Fsp3) is 0.400. The van der Waals surface area contributed by atoms with Gasteiger partial charge in [-0.3, -0.25) is 19.8 Å². The van der Waals surface area contributed by atoms with Crippen molar-refractivity contribution in [3.05, 3.63) is 67.2 Å². The number of nitro groups is 1. The van der Waals surface area contributed by atoms with Crippen LogP contribution in [0.25, 0.3) is 11.1 Å². The molecule has 1 fully saturated rings. The Balaban J connectivity index is 1.44. The molecule has 1 aromatic carbocycles. The summed E-state index contributed by atoms with van der Waals surface area (Å²) in [5.74, 6) is -0.138. The fourth-order valence-electron chi connectivity index (χ4n) is 4.63. The van der Waals surface area contributed by atoms with Crippen LogP contribution in [0, 0.1) is 10.1 Å². The lowest BCUT2D eigenvalue weighted by molar-refractivity contribution is -0.384. The lowest BCUT2D eigenvalue weighted by Gasteiger charge is -2.27. The van der Waals surface area contributed by atoms with Crippen molar-refractivity contribution in [1.82, 2.24) is 19.2 Å². The first-order valence-corrected chi connectivity index (χ1v) is 12.7. The zero-order chi connectivity index (χ0) is 27.6. The van der Waals surface area contributed by atoms with E-state index in [1.807, 2.05) is 6.92 Å². The molecule has 3 heterocycles. The van der Waals surface area contributed by atoms with Crippen molar-refractivity contribution in [2.75, 3.05) is 38.7 Å². The Bertz CT molecular complexity index is 1440. The summed E-state index contributed by atoms with van der Waals surface area (Å²) in [6.45, 7) is 4.43. The summed E-state index contributed by atoms with van der Waals surface area (Å²) >= 11 is 3.39. The molecule has 0 saturated carbocycles. The minimum atomic E-state index is -0.549. The molecular weight excluding hydrogens is 560 g/mol. The number of likely N-dealkylation sites (tertiary alicyclic amines) is 1. The highest BCUT2D eigenvalue weighted by Crippen LogP contribution is 2.33. The molecule has 0 radical (unpaired) electrons. The number of anilines is 1. The van der Waals surface area contributed by atoms with Crippen LogP contribution in [0.4, 0.5) is 11.4 Å². The van der Waals surface area contributed by atoms with Gasteiger partial charge in [0.25, 0.3) is 11.2 Å². The van der Waals surface area contributed by atoms with E-state index < -0.39 is 10.9 Å². The standard InChI is InChI=1S/C25H29BrN6O6/c1-25(28-20-12-17(26)5-6-21(20)32(35)36)7-8-31(15-25)9-10-38-23-19(13-27-30(23)3)18-11-16(24(34)37-4)14-29(2)22(18)33/h5-6,11-14,28H,7-10,15H2,1-4H3. The molecule has 1 saturated heterocycles. The van der Waals surface area contributed by atoms with Gasteiger partial charge in [0.2, 0.25) is 5.88 Å². The van der Waals surface area contributed by atoms with E-state index in [0.717, 1.165) is 17.4 Å². The lowest BCUT2D eigenvalue weighted by atomic mass is 10.0. The number of benzene rings is 1.